The Morgan fingerprint density at radius 3 is 2.85 bits per heavy atom. The fourth-order valence-corrected chi connectivity index (χ4v) is 2.10. The highest BCUT2D eigenvalue weighted by molar-refractivity contribution is 5.87. The summed E-state index contributed by atoms with van der Waals surface area (Å²) in [4.78, 5) is 13.2. The van der Waals surface area contributed by atoms with E-state index in [9.17, 15) is 18.0 Å². The molecular formula is C12H16F3N3O2. The third-order valence-electron chi connectivity index (χ3n) is 3.07. The SMILES string of the molecule is CCOC(=O)c1cc2n(n1)CCN(CCC(F)(F)F)C2. The minimum Gasteiger partial charge on any atom is -0.461 e. The lowest BCUT2D eigenvalue weighted by Gasteiger charge is -2.27. The van der Waals surface area contributed by atoms with E-state index < -0.39 is 18.6 Å². The van der Waals surface area contributed by atoms with Crippen molar-refractivity contribution in [3.05, 3.63) is 17.5 Å². The number of ether oxygens (including phenoxy) is 1. The van der Waals surface area contributed by atoms with Gasteiger partial charge in [-0.05, 0) is 13.0 Å². The van der Waals surface area contributed by atoms with Crippen molar-refractivity contribution >= 4 is 5.97 Å². The molecule has 0 saturated carbocycles. The minimum absolute atomic E-state index is 0.0383. The van der Waals surface area contributed by atoms with E-state index in [4.69, 9.17) is 4.74 Å². The Labute approximate surface area is 114 Å². The third kappa shape index (κ3) is 3.72. The van der Waals surface area contributed by atoms with Crippen LogP contribution in [0.5, 0.6) is 0 Å². The van der Waals surface area contributed by atoms with Gasteiger partial charge in [-0.15, -0.1) is 0 Å². The van der Waals surface area contributed by atoms with E-state index in [2.05, 4.69) is 5.10 Å². The number of rotatable bonds is 4. The predicted molar refractivity (Wildman–Crippen MR) is 64.1 cm³/mol. The lowest BCUT2D eigenvalue weighted by atomic mass is 10.2. The number of nitrogens with zero attached hydrogens (tertiary/aromatic N) is 3. The summed E-state index contributed by atoms with van der Waals surface area (Å²) < 4.78 is 43.1. The predicted octanol–water partition coefficient (Wildman–Crippen LogP) is 1.83. The number of fused-ring (bicyclic) bond motifs is 1. The standard InChI is InChI=1S/C12H16F3N3O2/c1-2-20-11(19)10-7-9-8-17(4-3-12(13,14)15)5-6-18(9)16-10/h7H,2-6,8H2,1H3. The molecule has 2 rings (SSSR count). The first-order valence-corrected chi connectivity index (χ1v) is 6.42. The van der Waals surface area contributed by atoms with Gasteiger partial charge in [0.25, 0.3) is 0 Å². The summed E-state index contributed by atoms with van der Waals surface area (Å²) in [7, 11) is 0. The zero-order valence-electron chi connectivity index (χ0n) is 11.1. The molecule has 0 N–H and O–H groups in total. The van der Waals surface area contributed by atoms with Crippen LogP contribution in [-0.4, -0.2) is 46.5 Å². The number of hydrogen-bond acceptors (Lipinski definition) is 4. The Kier molecular flexibility index (Phi) is 4.32. The molecule has 112 valence electrons. The van der Waals surface area contributed by atoms with Crippen molar-refractivity contribution < 1.29 is 22.7 Å². The van der Waals surface area contributed by atoms with Crippen LogP contribution in [0.15, 0.2) is 6.07 Å². The van der Waals surface area contributed by atoms with Gasteiger partial charge >= 0.3 is 12.1 Å². The number of alkyl halides is 3. The highest BCUT2D eigenvalue weighted by Crippen LogP contribution is 2.21. The second-order valence-electron chi connectivity index (χ2n) is 4.61. The van der Waals surface area contributed by atoms with E-state index in [-0.39, 0.29) is 18.8 Å². The van der Waals surface area contributed by atoms with Crippen LogP contribution >= 0.6 is 0 Å². The minimum atomic E-state index is -4.15. The van der Waals surface area contributed by atoms with Gasteiger partial charge in [-0.1, -0.05) is 0 Å². The molecule has 0 aromatic carbocycles. The number of carbonyl (C=O) groups is 1. The smallest absolute Gasteiger partial charge is 0.390 e. The van der Waals surface area contributed by atoms with Crippen LogP contribution in [0.2, 0.25) is 0 Å². The fourth-order valence-electron chi connectivity index (χ4n) is 2.10. The molecule has 0 amide bonds. The van der Waals surface area contributed by atoms with E-state index >= 15 is 0 Å². The van der Waals surface area contributed by atoms with Gasteiger partial charge in [-0.25, -0.2) is 4.79 Å². The largest absolute Gasteiger partial charge is 0.461 e. The molecule has 1 aliphatic heterocycles. The number of esters is 1. The van der Waals surface area contributed by atoms with Crippen LogP contribution in [0, 0.1) is 0 Å². The third-order valence-corrected chi connectivity index (χ3v) is 3.07. The van der Waals surface area contributed by atoms with Gasteiger partial charge in [0.2, 0.25) is 0 Å². The average molecular weight is 291 g/mol. The molecule has 0 saturated heterocycles. The number of halogens is 3. The summed E-state index contributed by atoms with van der Waals surface area (Å²) in [6, 6.07) is 1.58. The molecule has 0 radical (unpaired) electrons. The summed E-state index contributed by atoms with van der Waals surface area (Å²) >= 11 is 0. The van der Waals surface area contributed by atoms with E-state index in [1.54, 1.807) is 22.6 Å². The van der Waals surface area contributed by atoms with Crippen molar-refractivity contribution in [3.8, 4) is 0 Å². The summed E-state index contributed by atoms with van der Waals surface area (Å²) in [5.41, 5.74) is 0.945. The van der Waals surface area contributed by atoms with Crippen molar-refractivity contribution in [2.24, 2.45) is 0 Å². The maximum absolute atomic E-state index is 12.2. The van der Waals surface area contributed by atoms with Crippen LogP contribution in [-0.2, 0) is 17.8 Å². The fraction of sp³-hybridized carbons (Fsp3) is 0.667. The molecule has 1 aromatic heterocycles. The molecule has 0 aliphatic carbocycles. The highest BCUT2D eigenvalue weighted by atomic mass is 19.4. The maximum Gasteiger partial charge on any atom is 0.390 e. The summed E-state index contributed by atoms with van der Waals surface area (Å²) in [6.45, 7) is 3.26. The molecule has 1 aliphatic rings. The Bertz CT molecular complexity index is 485. The van der Waals surface area contributed by atoms with Gasteiger partial charge < -0.3 is 4.74 Å². The van der Waals surface area contributed by atoms with Gasteiger partial charge in [0.1, 0.15) is 0 Å². The number of hydrogen-bond donors (Lipinski definition) is 0. The second-order valence-corrected chi connectivity index (χ2v) is 4.61. The van der Waals surface area contributed by atoms with Gasteiger partial charge in [-0.3, -0.25) is 9.58 Å². The number of carbonyl (C=O) groups excluding carboxylic acids is 1. The molecule has 0 fully saturated rings. The highest BCUT2D eigenvalue weighted by Gasteiger charge is 2.29. The normalized spacial score (nSPS) is 16.0. The first kappa shape index (κ1) is 14.8. The molecule has 20 heavy (non-hydrogen) atoms. The molecule has 0 spiro atoms. The molecule has 0 bridgehead atoms. The lowest BCUT2D eigenvalue weighted by Crippen LogP contribution is -2.36. The van der Waals surface area contributed by atoms with Crippen molar-refractivity contribution in [1.82, 2.24) is 14.7 Å². The quantitative estimate of drug-likeness (QED) is 0.794. The molecule has 2 heterocycles. The van der Waals surface area contributed by atoms with Crippen LogP contribution in [0.4, 0.5) is 13.2 Å². The lowest BCUT2D eigenvalue weighted by molar-refractivity contribution is -0.138. The van der Waals surface area contributed by atoms with Gasteiger partial charge in [-0.2, -0.15) is 18.3 Å². The molecule has 1 aromatic rings. The van der Waals surface area contributed by atoms with E-state index in [0.717, 1.165) is 5.69 Å². The van der Waals surface area contributed by atoms with Crippen LogP contribution in [0.25, 0.3) is 0 Å². The topological polar surface area (TPSA) is 47.4 Å². The van der Waals surface area contributed by atoms with Crippen molar-refractivity contribution in [1.29, 1.82) is 0 Å². The zero-order chi connectivity index (χ0) is 14.8. The van der Waals surface area contributed by atoms with Gasteiger partial charge in [0.15, 0.2) is 5.69 Å². The Balaban J connectivity index is 1.98. The summed E-state index contributed by atoms with van der Waals surface area (Å²) in [6.07, 6.45) is -4.97. The Morgan fingerprint density at radius 2 is 2.20 bits per heavy atom. The number of aromatic nitrogens is 2. The molecule has 5 nitrogen and oxygen atoms in total. The monoisotopic (exact) mass is 291 g/mol. The van der Waals surface area contributed by atoms with E-state index in [1.165, 1.54) is 0 Å². The first-order chi connectivity index (χ1) is 9.39. The first-order valence-electron chi connectivity index (χ1n) is 6.42. The summed E-state index contributed by atoms with van der Waals surface area (Å²) in [5, 5.41) is 4.11. The van der Waals surface area contributed by atoms with Crippen molar-refractivity contribution in [3.63, 3.8) is 0 Å². The van der Waals surface area contributed by atoms with Gasteiger partial charge in [0, 0.05) is 19.6 Å². The van der Waals surface area contributed by atoms with E-state index in [0.29, 0.717) is 19.6 Å². The van der Waals surface area contributed by atoms with Crippen LogP contribution in [0.3, 0.4) is 0 Å². The van der Waals surface area contributed by atoms with Crippen LogP contribution < -0.4 is 0 Å². The molecule has 8 heteroatoms. The maximum atomic E-state index is 12.2. The summed E-state index contributed by atoms with van der Waals surface area (Å²) in [5.74, 6) is -0.503. The second kappa shape index (κ2) is 5.82. The Hall–Kier alpha value is -1.57. The van der Waals surface area contributed by atoms with Crippen LogP contribution in [0.1, 0.15) is 29.5 Å². The van der Waals surface area contributed by atoms with Crippen molar-refractivity contribution in [2.45, 2.75) is 32.6 Å². The zero-order valence-corrected chi connectivity index (χ0v) is 11.1. The van der Waals surface area contributed by atoms with E-state index in [1.807, 2.05) is 0 Å². The molecule has 0 unspecified atom stereocenters. The van der Waals surface area contributed by atoms with Crippen molar-refractivity contribution in [2.75, 3.05) is 19.7 Å². The van der Waals surface area contributed by atoms with Gasteiger partial charge in [0.05, 0.1) is 25.3 Å². The Morgan fingerprint density at radius 1 is 1.45 bits per heavy atom. The molecule has 0 atom stereocenters. The molecular weight excluding hydrogens is 275 g/mol. The average Bonchev–Trinajstić information content (AvgIpc) is 2.78.